The summed E-state index contributed by atoms with van der Waals surface area (Å²) in [5.41, 5.74) is 2.66. The van der Waals surface area contributed by atoms with E-state index >= 15 is 0 Å². The fourth-order valence-electron chi connectivity index (χ4n) is 2.84. The molecule has 1 aliphatic rings. The molecule has 0 aliphatic carbocycles. The summed E-state index contributed by atoms with van der Waals surface area (Å²) in [4.78, 5) is 16.6. The largest absolute Gasteiger partial charge is 0.344 e. The zero-order valence-electron chi connectivity index (χ0n) is 12.7. The third kappa shape index (κ3) is 2.19. The number of nitrogens with zero attached hydrogens (tertiary/aromatic N) is 2. The number of fused-ring (bicyclic) bond motifs is 1. The zero-order valence-corrected chi connectivity index (χ0v) is 12.7. The molecular formula is C18H20N2O. The highest BCUT2D eigenvalue weighted by molar-refractivity contribution is 6.02. The quantitative estimate of drug-likeness (QED) is 0.840. The fourth-order valence-corrected chi connectivity index (χ4v) is 2.84. The third-order valence-corrected chi connectivity index (χ3v) is 4.39. The SMILES string of the molecule is CN1C(=O)c2ccccc2N(Cc2ccccc2)C1(C)C. The van der Waals surface area contributed by atoms with Gasteiger partial charge in [0.1, 0.15) is 5.66 Å². The maximum absolute atomic E-state index is 12.5. The van der Waals surface area contributed by atoms with E-state index in [2.05, 4.69) is 30.9 Å². The Kier molecular flexibility index (Phi) is 3.20. The summed E-state index contributed by atoms with van der Waals surface area (Å²) in [7, 11) is 1.87. The maximum atomic E-state index is 12.5. The first kappa shape index (κ1) is 13.7. The number of hydrogen-bond donors (Lipinski definition) is 0. The van der Waals surface area contributed by atoms with Crippen molar-refractivity contribution in [1.82, 2.24) is 4.90 Å². The van der Waals surface area contributed by atoms with Crippen LogP contribution in [0.5, 0.6) is 0 Å². The first-order valence-electron chi connectivity index (χ1n) is 7.20. The lowest BCUT2D eigenvalue weighted by Gasteiger charge is -2.50. The number of amides is 1. The van der Waals surface area contributed by atoms with E-state index in [9.17, 15) is 4.79 Å². The number of para-hydroxylation sites is 1. The van der Waals surface area contributed by atoms with Crippen molar-refractivity contribution in [1.29, 1.82) is 0 Å². The molecule has 0 saturated heterocycles. The summed E-state index contributed by atoms with van der Waals surface area (Å²) < 4.78 is 0. The molecule has 0 spiro atoms. The second-order valence-corrected chi connectivity index (χ2v) is 5.95. The number of anilines is 1. The Balaban J connectivity index is 2.08. The average molecular weight is 280 g/mol. The standard InChI is InChI=1S/C18H20N2O/c1-18(2)19(3)17(21)15-11-7-8-12-16(15)20(18)13-14-9-5-4-6-10-14/h4-12H,13H2,1-3H3. The maximum Gasteiger partial charge on any atom is 0.257 e. The molecule has 21 heavy (non-hydrogen) atoms. The van der Waals surface area contributed by atoms with Crippen LogP contribution in [0.2, 0.25) is 0 Å². The van der Waals surface area contributed by atoms with Gasteiger partial charge in [0.25, 0.3) is 5.91 Å². The summed E-state index contributed by atoms with van der Waals surface area (Å²) >= 11 is 0. The first-order valence-corrected chi connectivity index (χ1v) is 7.20. The van der Waals surface area contributed by atoms with Crippen LogP contribution < -0.4 is 4.90 Å². The molecular weight excluding hydrogens is 260 g/mol. The Morgan fingerprint density at radius 2 is 1.57 bits per heavy atom. The average Bonchev–Trinajstić information content (AvgIpc) is 2.51. The summed E-state index contributed by atoms with van der Waals surface area (Å²) in [6.45, 7) is 4.95. The Morgan fingerprint density at radius 3 is 2.29 bits per heavy atom. The van der Waals surface area contributed by atoms with Crippen LogP contribution in [0, 0.1) is 0 Å². The molecule has 0 radical (unpaired) electrons. The van der Waals surface area contributed by atoms with Crippen LogP contribution >= 0.6 is 0 Å². The van der Waals surface area contributed by atoms with E-state index in [0.717, 1.165) is 17.8 Å². The monoisotopic (exact) mass is 280 g/mol. The van der Waals surface area contributed by atoms with Gasteiger partial charge in [-0.05, 0) is 31.5 Å². The van der Waals surface area contributed by atoms with E-state index in [1.165, 1.54) is 5.56 Å². The zero-order chi connectivity index (χ0) is 15.0. The molecule has 0 atom stereocenters. The van der Waals surface area contributed by atoms with Gasteiger partial charge in [-0.15, -0.1) is 0 Å². The van der Waals surface area contributed by atoms with E-state index in [0.29, 0.717) is 0 Å². The van der Waals surface area contributed by atoms with Gasteiger partial charge < -0.3 is 9.80 Å². The van der Waals surface area contributed by atoms with Gasteiger partial charge in [0.2, 0.25) is 0 Å². The van der Waals surface area contributed by atoms with E-state index in [1.807, 2.05) is 54.4 Å². The molecule has 1 amide bonds. The van der Waals surface area contributed by atoms with E-state index < -0.39 is 0 Å². The Morgan fingerprint density at radius 1 is 0.952 bits per heavy atom. The highest BCUT2D eigenvalue weighted by Gasteiger charge is 2.41. The molecule has 2 aromatic rings. The number of carbonyl (C=O) groups is 1. The smallest absolute Gasteiger partial charge is 0.257 e. The van der Waals surface area contributed by atoms with Crippen molar-refractivity contribution in [3.8, 4) is 0 Å². The van der Waals surface area contributed by atoms with Gasteiger partial charge in [-0.1, -0.05) is 42.5 Å². The lowest BCUT2D eigenvalue weighted by molar-refractivity contribution is 0.0585. The van der Waals surface area contributed by atoms with Crippen LogP contribution in [0.25, 0.3) is 0 Å². The van der Waals surface area contributed by atoms with Crippen LogP contribution in [0.3, 0.4) is 0 Å². The van der Waals surface area contributed by atoms with Gasteiger partial charge >= 0.3 is 0 Å². The molecule has 3 heteroatoms. The fraction of sp³-hybridized carbons (Fsp3) is 0.278. The van der Waals surface area contributed by atoms with Gasteiger partial charge in [-0.25, -0.2) is 0 Å². The van der Waals surface area contributed by atoms with E-state index in [4.69, 9.17) is 0 Å². The van der Waals surface area contributed by atoms with Crippen molar-refractivity contribution in [3.05, 3.63) is 65.7 Å². The normalized spacial score (nSPS) is 16.8. The molecule has 0 unspecified atom stereocenters. The highest BCUT2D eigenvalue weighted by Crippen LogP contribution is 2.36. The molecule has 0 fully saturated rings. The molecule has 0 bridgehead atoms. The Labute approximate surface area is 125 Å². The molecule has 0 saturated carbocycles. The van der Waals surface area contributed by atoms with Crippen LogP contribution in [0.4, 0.5) is 5.69 Å². The minimum absolute atomic E-state index is 0.0833. The lowest BCUT2D eigenvalue weighted by atomic mass is 9.98. The number of benzene rings is 2. The minimum atomic E-state index is -0.360. The Bertz CT molecular complexity index is 664. The van der Waals surface area contributed by atoms with Crippen LogP contribution in [0.1, 0.15) is 29.8 Å². The molecule has 2 aromatic carbocycles. The molecule has 3 nitrogen and oxygen atoms in total. The highest BCUT2D eigenvalue weighted by atomic mass is 16.2. The summed E-state index contributed by atoms with van der Waals surface area (Å²) in [6, 6.07) is 18.2. The summed E-state index contributed by atoms with van der Waals surface area (Å²) in [5.74, 6) is 0.0833. The van der Waals surface area contributed by atoms with Crippen molar-refractivity contribution in [2.24, 2.45) is 0 Å². The predicted octanol–water partition coefficient (Wildman–Crippen LogP) is 3.51. The summed E-state index contributed by atoms with van der Waals surface area (Å²) in [5, 5.41) is 0. The van der Waals surface area contributed by atoms with E-state index in [1.54, 1.807) is 0 Å². The minimum Gasteiger partial charge on any atom is -0.344 e. The van der Waals surface area contributed by atoms with Gasteiger partial charge in [-0.2, -0.15) is 0 Å². The molecule has 108 valence electrons. The molecule has 1 heterocycles. The van der Waals surface area contributed by atoms with Crippen LogP contribution in [-0.2, 0) is 6.54 Å². The topological polar surface area (TPSA) is 23.6 Å². The van der Waals surface area contributed by atoms with Gasteiger partial charge in [-0.3, -0.25) is 4.79 Å². The predicted molar refractivity (Wildman–Crippen MR) is 85.2 cm³/mol. The molecule has 0 aromatic heterocycles. The van der Waals surface area contributed by atoms with Crippen LogP contribution in [0.15, 0.2) is 54.6 Å². The first-order chi connectivity index (χ1) is 10.0. The second-order valence-electron chi connectivity index (χ2n) is 5.95. The third-order valence-electron chi connectivity index (χ3n) is 4.39. The molecule has 1 aliphatic heterocycles. The molecule has 0 N–H and O–H groups in total. The van der Waals surface area contributed by atoms with E-state index in [-0.39, 0.29) is 11.6 Å². The van der Waals surface area contributed by atoms with Crippen molar-refractivity contribution in [3.63, 3.8) is 0 Å². The lowest BCUT2D eigenvalue weighted by Crippen LogP contribution is -2.60. The van der Waals surface area contributed by atoms with Crippen molar-refractivity contribution < 1.29 is 4.79 Å². The van der Waals surface area contributed by atoms with Crippen LogP contribution in [-0.4, -0.2) is 23.5 Å². The number of hydrogen-bond acceptors (Lipinski definition) is 2. The van der Waals surface area contributed by atoms with Crippen molar-refractivity contribution in [2.45, 2.75) is 26.1 Å². The van der Waals surface area contributed by atoms with Crippen molar-refractivity contribution >= 4 is 11.6 Å². The number of carbonyl (C=O) groups excluding carboxylic acids is 1. The molecule has 3 rings (SSSR count). The second kappa shape index (κ2) is 4.92. The van der Waals surface area contributed by atoms with Gasteiger partial charge in [0, 0.05) is 13.6 Å². The van der Waals surface area contributed by atoms with Crippen molar-refractivity contribution in [2.75, 3.05) is 11.9 Å². The number of rotatable bonds is 2. The van der Waals surface area contributed by atoms with Gasteiger partial charge in [0.05, 0.1) is 11.3 Å². The Hall–Kier alpha value is -2.29. The summed E-state index contributed by atoms with van der Waals surface area (Å²) in [6.07, 6.45) is 0. The van der Waals surface area contributed by atoms with Gasteiger partial charge in [0.15, 0.2) is 0 Å².